The van der Waals surface area contributed by atoms with Crippen molar-refractivity contribution in [3.8, 4) is 5.40 Å². The first-order valence-electron chi connectivity index (χ1n) is 9.91. The van der Waals surface area contributed by atoms with E-state index in [1.165, 1.54) is 6.42 Å². The molecule has 0 heterocycles. The predicted molar refractivity (Wildman–Crippen MR) is 101 cm³/mol. The van der Waals surface area contributed by atoms with Crippen LogP contribution < -0.4 is 0 Å². The van der Waals surface area contributed by atoms with Crippen LogP contribution in [0.15, 0.2) is 10.5 Å². The molecule has 0 aromatic carbocycles. The SMILES string of the molecule is CC1(C)[C@@H]2CC[C@]1(C)C(OC(=O)C(SC#N)=C1CC3CC1CC3C(=O)O)C2. The number of hydrogen-bond acceptors (Lipinski definition) is 5. The molecule has 0 aromatic rings. The number of thiocyanates is 1. The summed E-state index contributed by atoms with van der Waals surface area (Å²) >= 11 is 0.897. The van der Waals surface area contributed by atoms with Crippen LogP contribution >= 0.6 is 11.8 Å². The van der Waals surface area contributed by atoms with E-state index in [-0.39, 0.29) is 40.7 Å². The number of aliphatic carboxylic acids is 1. The van der Waals surface area contributed by atoms with Crippen molar-refractivity contribution in [2.75, 3.05) is 0 Å². The highest BCUT2D eigenvalue weighted by molar-refractivity contribution is 8.08. The molecule has 0 aromatic heterocycles. The van der Waals surface area contributed by atoms with Gasteiger partial charge in [-0.3, -0.25) is 4.79 Å². The highest BCUT2D eigenvalue weighted by atomic mass is 32.2. The van der Waals surface area contributed by atoms with E-state index in [0.29, 0.717) is 23.7 Å². The quantitative estimate of drug-likeness (QED) is 0.437. The van der Waals surface area contributed by atoms with Gasteiger partial charge < -0.3 is 9.84 Å². The minimum absolute atomic E-state index is 0.0104. The monoisotopic (exact) mass is 389 g/mol. The van der Waals surface area contributed by atoms with Crippen molar-refractivity contribution in [3.63, 3.8) is 0 Å². The Hall–Kier alpha value is -1.48. The van der Waals surface area contributed by atoms with Gasteiger partial charge in [-0.25, -0.2) is 4.79 Å². The number of ether oxygens (including phenoxy) is 1. The Morgan fingerprint density at radius 3 is 2.48 bits per heavy atom. The van der Waals surface area contributed by atoms with Gasteiger partial charge in [-0.05, 0) is 79.0 Å². The molecule has 4 saturated carbocycles. The maximum Gasteiger partial charge on any atom is 0.345 e. The van der Waals surface area contributed by atoms with E-state index in [2.05, 4.69) is 20.8 Å². The number of allylic oxidation sites excluding steroid dienone is 1. The third-order valence-corrected chi connectivity index (χ3v) is 9.30. The van der Waals surface area contributed by atoms with E-state index in [1.54, 1.807) is 0 Å². The molecule has 0 amide bonds. The minimum Gasteiger partial charge on any atom is -0.481 e. The first-order valence-corrected chi connectivity index (χ1v) is 10.7. The van der Waals surface area contributed by atoms with Crippen molar-refractivity contribution in [3.05, 3.63) is 10.5 Å². The summed E-state index contributed by atoms with van der Waals surface area (Å²) in [6, 6.07) is 0. The van der Waals surface area contributed by atoms with E-state index < -0.39 is 5.97 Å². The number of carboxylic acids is 1. The lowest BCUT2D eigenvalue weighted by Crippen LogP contribution is -2.38. The van der Waals surface area contributed by atoms with Crippen LogP contribution in [-0.2, 0) is 14.3 Å². The third kappa shape index (κ3) is 2.65. The fourth-order valence-electron chi connectivity index (χ4n) is 6.44. The molecular weight excluding hydrogens is 362 g/mol. The smallest absolute Gasteiger partial charge is 0.345 e. The second-order valence-electron chi connectivity index (χ2n) is 9.63. The lowest BCUT2D eigenvalue weighted by atomic mass is 9.70. The molecule has 0 aliphatic heterocycles. The first-order chi connectivity index (χ1) is 12.7. The molecule has 4 unspecified atom stereocenters. The summed E-state index contributed by atoms with van der Waals surface area (Å²) in [7, 11) is 0. The van der Waals surface area contributed by atoms with Gasteiger partial charge in [0.1, 0.15) is 16.4 Å². The van der Waals surface area contributed by atoms with Crippen LogP contribution in [0.1, 0.15) is 59.3 Å². The molecule has 4 bridgehead atoms. The summed E-state index contributed by atoms with van der Waals surface area (Å²) in [4.78, 5) is 24.8. The number of hydrogen-bond donors (Lipinski definition) is 1. The van der Waals surface area contributed by atoms with Crippen molar-refractivity contribution in [2.45, 2.75) is 65.4 Å². The summed E-state index contributed by atoms with van der Waals surface area (Å²) in [6.45, 7) is 6.80. The van der Waals surface area contributed by atoms with Gasteiger partial charge in [-0.15, -0.1) is 0 Å². The number of carbonyl (C=O) groups is 2. The van der Waals surface area contributed by atoms with E-state index in [1.807, 2.05) is 5.40 Å². The predicted octanol–water partition coefficient (Wildman–Crippen LogP) is 4.34. The van der Waals surface area contributed by atoms with Gasteiger partial charge in [0.25, 0.3) is 0 Å². The average molecular weight is 390 g/mol. The largest absolute Gasteiger partial charge is 0.481 e. The second kappa shape index (κ2) is 6.27. The zero-order valence-corrected chi connectivity index (χ0v) is 17.0. The molecule has 5 nitrogen and oxygen atoms in total. The Morgan fingerprint density at radius 1 is 1.26 bits per heavy atom. The van der Waals surface area contributed by atoms with Crippen molar-refractivity contribution >= 4 is 23.7 Å². The summed E-state index contributed by atoms with van der Waals surface area (Å²) in [5.41, 5.74) is 1.11. The van der Waals surface area contributed by atoms with Crippen molar-refractivity contribution in [1.29, 1.82) is 5.26 Å². The number of fused-ring (bicyclic) bond motifs is 4. The summed E-state index contributed by atoms with van der Waals surface area (Å²) in [6.07, 6.45) is 5.07. The summed E-state index contributed by atoms with van der Waals surface area (Å²) < 4.78 is 6.01. The van der Waals surface area contributed by atoms with E-state index >= 15 is 0 Å². The van der Waals surface area contributed by atoms with Crippen LogP contribution in [0.4, 0.5) is 0 Å². The number of esters is 1. The van der Waals surface area contributed by atoms with Crippen LogP contribution in [0.25, 0.3) is 0 Å². The maximum absolute atomic E-state index is 13.0. The fraction of sp³-hybridized carbons (Fsp3) is 0.762. The number of nitrogens with zero attached hydrogens (tertiary/aromatic N) is 1. The molecule has 6 atom stereocenters. The molecule has 0 radical (unpaired) electrons. The third-order valence-electron chi connectivity index (χ3n) is 8.57. The summed E-state index contributed by atoms with van der Waals surface area (Å²) in [5, 5.41) is 20.6. The van der Waals surface area contributed by atoms with Crippen molar-refractivity contribution in [1.82, 2.24) is 0 Å². The Morgan fingerprint density at radius 2 is 2.00 bits per heavy atom. The van der Waals surface area contributed by atoms with E-state index in [9.17, 15) is 20.0 Å². The lowest BCUT2D eigenvalue weighted by Gasteiger charge is -2.38. The van der Waals surface area contributed by atoms with E-state index in [0.717, 1.165) is 36.6 Å². The molecule has 4 fully saturated rings. The summed E-state index contributed by atoms with van der Waals surface area (Å²) in [5.74, 6) is -0.649. The molecule has 1 N–H and O–H groups in total. The van der Waals surface area contributed by atoms with Gasteiger partial charge in [0.15, 0.2) is 0 Å². The number of nitriles is 1. The Kier molecular flexibility index (Phi) is 4.38. The van der Waals surface area contributed by atoms with E-state index in [4.69, 9.17) is 4.74 Å². The van der Waals surface area contributed by atoms with Gasteiger partial charge >= 0.3 is 11.9 Å². The van der Waals surface area contributed by atoms with Crippen LogP contribution in [0.5, 0.6) is 0 Å². The van der Waals surface area contributed by atoms with Gasteiger partial charge in [0.2, 0.25) is 0 Å². The molecular formula is C21H27NO4S. The Labute approximate surface area is 164 Å². The maximum atomic E-state index is 13.0. The standard InChI is InChI=1S/C21H27NO4S/c1-20(2)13-4-5-21(20,3)16(9-13)26-19(25)17(27-10-22)14-7-12-6-11(14)8-15(12)18(23)24/h11-13,15-16H,4-9H2,1-3H3,(H,23,24)/t11?,12?,13-,15?,16?,21-/m1/s1. The zero-order chi connectivity index (χ0) is 19.6. The average Bonchev–Trinajstić information content (AvgIpc) is 3.30. The number of thioether (sulfide) groups is 1. The Balaban J connectivity index is 1.54. The van der Waals surface area contributed by atoms with Crippen LogP contribution in [0.3, 0.4) is 0 Å². The molecule has 27 heavy (non-hydrogen) atoms. The highest BCUT2D eigenvalue weighted by Gasteiger charge is 2.63. The minimum atomic E-state index is -0.740. The number of carbonyl (C=O) groups excluding carboxylic acids is 1. The van der Waals surface area contributed by atoms with Gasteiger partial charge in [0.05, 0.1) is 5.92 Å². The molecule has 4 rings (SSSR count). The van der Waals surface area contributed by atoms with Crippen LogP contribution in [0.2, 0.25) is 0 Å². The lowest BCUT2D eigenvalue weighted by molar-refractivity contribution is -0.151. The molecule has 146 valence electrons. The fourth-order valence-corrected chi connectivity index (χ4v) is 7.04. The van der Waals surface area contributed by atoms with Gasteiger partial charge in [-0.1, -0.05) is 20.8 Å². The molecule has 0 spiro atoms. The molecule has 6 heteroatoms. The first kappa shape index (κ1) is 18.9. The molecule has 4 aliphatic carbocycles. The normalized spacial score (nSPS) is 42.8. The van der Waals surface area contributed by atoms with Crippen molar-refractivity contribution in [2.24, 2.45) is 34.5 Å². The number of rotatable bonds is 4. The highest BCUT2D eigenvalue weighted by Crippen LogP contribution is 2.66. The second-order valence-corrected chi connectivity index (χ2v) is 10.4. The van der Waals surface area contributed by atoms with Gasteiger partial charge in [-0.2, -0.15) is 5.26 Å². The molecule has 0 saturated heterocycles. The Bertz CT molecular complexity index is 767. The zero-order valence-electron chi connectivity index (χ0n) is 16.2. The van der Waals surface area contributed by atoms with Gasteiger partial charge in [0, 0.05) is 5.41 Å². The van der Waals surface area contributed by atoms with Crippen LogP contribution in [-0.4, -0.2) is 23.1 Å². The topological polar surface area (TPSA) is 87.4 Å². The van der Waals surface area contributed by atoms with Crippen LogP contribution in [0, 0.1) is 45.2 Å². The molecule has 4 aliphatic rings. The van der Waals surface area contributed by atoms with Crippen molar-refractivity contribution < 1.29 is 19.4 Å². The number of carboxylic acid groups (broad SMARTS) is 1.